The summed E-state index contributed by atoms with van der Waals surface area (Å²) >= 11 is 0. The van der Waals surface area contributed by atoms with Gasteiger partial charge in [-0.1, -0.05) is 328 Å². The highest BCUT2D eigenvalue weighted by Crippen LogP contribution is 2.59. The second-order valence-corrected chi connectivity index (χ2v) is 25.8. The maximum Gasteiger partial charge on any atom is 0.0714 e. The first-order valence-electron chi connectivity index (χ1n) is 34.0. The lowest BCUT2D eigenvalue weighted by molar-refractivity contribution is 0.768. The number of nitrogens with zero attached hydrogens (tertiary/aromatic N) is 2. The fraction of sp³-hybridized carbons (Fsp3) is 0.0208. The van der Waals surface area contributed by atoms with Crippen LogP contribution in [0.25, 0.3) is 77.5 Å². The molecule has 2 nitrogen and oxygen atoms in total. The summed E-state index contributed by atoms with van der Waals surface area (Å²) in [6, 6.07) is 148. The van der Waals surface area contributed by atoms with Crippen molar-refractivity contribution in [2.75, 3.05) is 9.80 Å². The van der Waals surface area contributed by atoms with Gasteiger partial charge in [-0.25, -0.2) is 0 Å². The van der Waals surface area contributed by atoms with E-state index < -0.39 is 10.8 Å². The Kier molecular flexibility index (Phi) is 14.4. The molecule has 0 aromatic heterocycles. The fourth-order valence-electron chi connectivity index (χ4n) is 16.3. The van der Waals surface area contributed by atoms with E-state index in [9.17, 15) is 0 Å². The van der Waals surface area contributed by atoms with E-state index in [-0.39, 0.29) is 0 Å². The lowest BCUT2D eigenvalue weighted by Gasteiger charge is -2.35. The highest BCUT2D eigenvalue weighted by Gasteiger charge is 2.48. The summed E-state index contributed by atoms with van der Waals surface area (Å²) < 4.78 is 0. The Morgan fingerprint density at radius 2 is 0.449 bits per heavy atom. The van der Waals surface area contributed by atoms with Crippen LogP contribution < -0.4 is 9.80 Å². The summed E-state index contributed by atoms with van der Waals surface area (Å²) in [6.07, 6.45) is 0. The summed E-state index contributed by atoms with van der Waals surface area (Å²) in [5, 5.41) is 2.40. The monoisotopic (exact) mass is 1250 g/mol. The highest BCUT2D eigenvalue weighted by molar-refractivity contribution is 6.07. The van der Waals surface area contributed by atoms with E-state index in [1.165, 1.54) is 99.8 Å². The van der Waals surface area contributed by atoms with Crippen LogP contribution in [0.1, 0.15) is 44.5 Å². The van der Waals surface area contributed by atoms with Gasteiger partial charge in [0.2, 0.25) is 0 Å². The zero-order valence-electron chi connectivity index (χ0n) is 54.0. The molecule has 98 heavy (non-hydrogen) atoms. The third-order valence-corrected chi connectivity index (χ3v) is 20.6. The number of anilines is 6. The minimum absolute atomic E-state index is 0.554. The average Bonchev–Trinajstić information content (AvgIpc) is 1.54. The van der Waals surface area contributed by atoms with Gasteiger partial charge >= 0.3 is 0 Å². The van der Waals surface area contributed by atoms with Crippen LogP contribution >= 0.6 is 0 Å². The molecule has 0 spiro atoms. The maximum absolute atomic E-state index is 2.47. The lowest BCUT2D eigenvalue weighted by Crippen LogP contribution is -2.28. The molecule has 0 saturated heterocycles. The summed E-state index contributed by atoms with van der Waals surface area (Å²) in [5.41, 5.74) is 29.7. The van der Waals surface area contributed by atoms with Crippen LogP contribution in [0, 0.1) is 0 Å². The molecule has 0 amide bonds. The Balaban J connectivity index is 0.755. The van der Waals surface area contributed by atoms with Gasteiger partial charge in [0.05, 0.1) is 10.8 Å². The molecule has 16 aromatic carbocycles. The predicted octanol–water partition coefficient (Wildman–Crippen LogP) is 25.2. The van der Waals surface area contributed by atoms with Crippen molar-refractivity contribution >= 4 is 44.9 Å². The molecule has 2 aliphatic rings. The van der Waals surface area contributed by atoms with Crippen LogP contribution in [0.3, 0.4) is 0 Å². The normalized spacial score (nSPS) is 12.9. The van der Waals surface area contributed by atoms with Gasteiger partial charge in [-0.3, -0.25) is 0 Å². The second kappa shape index (κ2) is 24.3. The van der Waals surface area contributed by atoms with E-state index in [1.54, 1.807) is 0 Å². The topological polar surface area (TPSA) is 6.48 Å². The maximum atomic E-state index is 2.47. The highest BCUT2D eigenvalue weighted by atomic mass is 15.1. The molecule has 0 radical (unpaired) electrons. The van der Waals surface area contributed by atoms with Crippen LogP contribution in [-0.4, -0.2) is 0 Å². The van der Waals surface area contributed by atoms with Crippen LogP contribution in [0.2, 0.25) is 0 Å². The Morgan fingerprint density at radius 3 is 0.827 bits per heavy atom. The van der Waals surface area contributed by atoms with E-state index in [2.05, 4.69) is 410 Å². The molecular weight excluding hydrogens is 1180 g/mol. The van der Waals surface area contributed by atoms with Crippen molar-refractivity contribution in [2.45, 2.75) is 10.8 Å². The SMILES string of the molecule is c1ccc(-c2cccc(N(c3ccc(-c4cccc5cccc(-c6ccc(N(c7cccc(-c8ccccc8)c7)c7ccc8c(c7)C(c7ccccc7)(c7ccccc7)c7ccccc7-8)cc6)c45)cc3)c3ccc4c(c3)C(c3ccccc3)(c3ccccc3)c3ccccc3-4)c2)cc1. The van der Waals surface area contributed by atoms with Crippen molar-refractivity contribution in [3.8, 4) is 66.8 Å². The van der Waals surface area contributed by atoms with Gasteiger partial charge in [0, 0.05) is 34.1 Å². The Labute approximate surface area is 573 Å². The molecule has 0 fully saturated rings. The van der Waals surface area contributed by atoms with Crippen molar-refractivity contribution in [3.63, 3.8) is 0 Å². The van der Waals surface area contributed by atoms with E-state index in [1.807, 2.05) is 0 Å². The molecule has 0 heterocycles. The average molecular weight is 1250 g/mol. The Bertz CT molecular complexity index is 5170. The molecule has 0 atom stereocenters. The Hall–Kier alpha value is -12.6. The summed E-state index contributed by atoms with van der Waals surface area (Å²) in [5.74, 6) is 0. The number of benzene rings is 16. The van der Waals surface area contributed by atoms with Gasteiger partial charge in [-0.05, 0) is 195 Å². The van der Waals surface area contributed by atoms with E-state index in [0.29, 0.717) is 0 Å². The standard InChI is InChI=1S/C96H66N2/c1-7-27-67(28-8-1)72-33-23-43-80(63-72)97(82-59-61-88-86-45-19-21-49-90(86)95(92(88)65-82,74-35-11-3-12-36-74)75-37-13-4-14-38-75)78-55-51-69(52-56-78)84-47-25-31-71-32-26-48-85(94(71)84)70-53-57-79(58-54-70)98(81-44-24-34-73(64-81)68-29-9-2-10-30-68)83-60-62-89-87-46-20-22-50-91(87)96(93(89)66-83,76-39-15-5-16-40-76)77-41-17-6-18-42-77/h1-66H. The lowest BCUT2D eigenvalue weighted by atomic mass is 9.67. The van der Waals surface area contributed by atoms with Gasteiger partial charge in [0.1, 0.15) is 0 Å². The molecule has 0 saturated carbocycles. The first kappa shape index (κ1) is 58.0. The fourth-order valence-corrected chi connectivity index (χ4v) is 16.3. The van der Waals surface area contributed by atoms with Crippen LogP contribution in [0.15, 0.2) is 400 Å². The van der Waals surface area contributed by atoms with Gasteiger partial charge in [-0.15, -0.1) is 0 Å². The molecule has 0 unspecified atom stereocenters. The van der Waals surface area contributed by atoms with Crippen LogP contribution in [-0.2, 0) is 10.8 Å². The molecule has 16 aromatic rings. The van der Waals surface area contributed by atoms with E-state index in [0.717, 1.165) is 56.4 Å². The molecule has 460 valence electrons. The van der Waals surface area contributed by atoms with E-state index >= 15 is 0 Å². The number of hydrogen-bond acceptors (Lipinski definition) is 2. The molecule has 0 aliphatic heterocycles. The molecule has 2 heteroatoms. The molecular formula is C96H66N2. The van der Waals surface area contributed by atoms with Crippen molar-refractivity contribution in [1.29, 1.82) is 0 Å². The first-order valence-corrected chi connectivity index (χ1v) is 34.0. The quantitative estimate of drug-likeness (QED) is 0.107. The van der Waals surface area contributed by atoms with Crippen molar-refractivity contribution < 1.29 is 0 Å². The number of fused-ring (bicyclic) bond motifs is 7. The molecule has 2 aliphatic carbocycles. The number of rotatable bonds is 14. The van der Waals surface area contributed by atoms with Crippen molar-refractivity contribution in [3.05, 3.63) is 445 Å². The summed E-state index contributed by atoms with van der Waals surface area (Å²) in [6.45, 7) is 0. The number of hydrogen-bond donors (Lipinski definition) is 0. The van der Waals surface area contributed by atoms with Crippen LogP contribution in [0.5, 0.6) is 0 Å². The van der Waals surface area contributed by atoms with Gasteiger partial charge < -0.3 is 9.80 Å². The van der Waals surface area contributed by atoms with Gasteiger partial charge in [0.25, 0.3) is 0 Å². The Morgan fingerprint density at radius 1 is 0.163 bits per heavy atom. The van der Waals surface area contributed by atoms with E-state index in [4.69, 9.17) is 0 Å². The third kappa shape index (κ3) is 9.55. The van der Waals surface area contributed by atoms with Crippen molar-refractivity contribution in [1.82, 2.24) is 0 Å². The third-order valence-electron chi connectivity index (χ3n) is 20.6. The molecule has 18 rings (SSSR count). The summed E-state index contributed by atoms with van der Waals surface area (Å²) in [7, 11) is 0. The minimum atomic E-state index is -0.554. The van der Waals surface area contributed by atoms with Crippen molar-refractivity contribution in [2.24, 2.45) is 0 Å². The molecule has 0 N–H and O–H groups in total. The first-order chi connectivity index (χ1) is 48.6. The largest absolute Gasteiger partial charge is 0.310 e. The molecule has 0 bridgehead atoms. The van der Waals surface area contributed by atoms with Crippen LogP contribution in [0.4, 0.5) is 34.1 Å². The summed E-state index contributed by atoms with van der Waals surface area (Å²) in [4.78, 5) is 4.89. The van der Waals surface area contributed by atoms with Gasteiger partial charge in [0.15, 0.2) is 0 Å². The smallest absolute Gasteiger partial charge is 0.0714 e. The minimum Gasteiger partial charge on any atom is -0.310 e. The van der Waals surface area contributed by atoms with Gasteiger partial charge in [-0.2, -0.15) is 0 Å². The zero-order chi connectivity index (χ0) is 65.0. The zero-order valence-corrected chi connectivity index (χ0v) is 54.0. The second-order valence-electron chi connectivity index (χ2n) is 25.8. The predicted molar refractivity (Wildman–Crippen MR) is 410 cm³/mol.